The van der Waals surface area contributed by atoms with Gasteiger partial charge in [-0.2, -0.15) is 0 Å². The highest BCUT2D eigenvalue weighted by Crippen LogP contribution is 2.27. The van der Waals surface area contributed by atoms with Crippen LogP contribution >= 0.6 is 0 Å². The van der Waals surface area contributed by atoms with E-state index >= 15 is 0 Å². The summed E-state index contributed by atoms with van der Waals surface area (Å²) in [6.45, 7) is 4.77. The lowest BCUT2D eigenvalue weighted by Gasteiger charge is -2.23. The van der Waals surface area contributed by atoms with E-state index in [0.717, 1.165) is 50.3 Å². The van der Waals surface area contributed by atoms with Crippen LogP contribution in [0.3, 0.4) is 0 Å². The molecule has 0 spiro atoms. The SMILES string of the molecule is Cc1cc(F)cc(C(=O)NC2CCN(c3nccc(C4CCOCC4)n3)C2)c1. The summed E-state index contributed by atoms with van der Waals surface area (Å²) in [5, 5.41) is 3.01. The van der Waals surface area contributed by atoms with Gasteiger partial charge < -0.3 is 15.0 Å². The van der Waals surface area contributed by atoms with Crippen molar-refractivity contribution in [2.24, 2.45) is 0 Å². The van der Waals surface area contributed by atoms with Gasteiger partial charge in [-0.25, -0.2) is 14.4 Å². The number of hydrogen-bond acceptors (Lipinski definition) is 5. The Kier molecular flexibility index (Phi) is 5.52. The number of amides is 1. The molecule has 4 rings (SSSR count). The number of benzene rings is 1. The smallest absolute Gasteiger partial charge is 0.251 e. The number of aromatic nitrogens is 2. The number of anilines is 1. The third kappa shape index (κ3) is 4.30. The minimum absolute atomic E-state index is 0.00795. The van der Waals surface area contributed by atoms with Gasteiger partial charge in [0, 0.05) is 55.7 Å². The van der Waals surface area contributed by atoms with Crippen LogP contribution in [0.5, 0.6) is 0 Å². The fraction of sp³-hybridized carbons (Fsp3) is 0.476. The van der Waals surface area contributed by atoms with E-state index in [1.807, 2.05) is 12.3 Å². The molecule has 1 atom stereocenters. The molecule has 0 bridgehead atoms. The highest BCUT2D eigenvalue weighted by atomic mass is 19.1. The van der Waals surface area contributed by atoms with Gasteiger partial charge in [-0.15, -0.1) is 0 Å². The lowest BCUT2D eigenvalue weighted by atomic mass is 9.96. The van der Waals surface area contributed by atoms with Crippen molar-refractivity contribution in [2.75, 3.05) is 31.2 Å². The van der Waals surface area contributed by atoms with Crippen LogP contribution in [0.15, 0.2) is 30.5 Å². The normalized spacial score (nSPS) is 20.4. The molecule has 28 heavy (non-hydrogen) atoms. The summed E-state index contributed by atoms with van der Waals surface area (Å²) in [7, 11) is 0. The topological polar surface area (TPSA) is 67.4 Å². The van der Waals surface area contributed by atoms with E-state index in [2.05, 4.69) is 15.2 Å². The van der Waals surface area contributed by atoms with Crippen molar-refractivity contribution in [1.82, 2.24) is 15.3 Å². The van der Waals surface area contributed by atoms with Gasteiger partial charge in [-0.3, -0.25) is 4.79 Å². The predicted molar refractivity (Wildman–Crippen MR) is 104 cm³/mol. The summed E-state index contributed by atoms with van der Waals surface area (Å²) in [4.78, 5) is 23.8. The van der Waals surface area contributed by atoms with E-state index in [-0.39, 0.29) is 11.9 Å². The van der Waals surface area contributed by atoms with Gasteiger partial charge in [0.15, 0.2) is 0 Å². The number of hydrogen-bond donors (Lipinski definition) is 1. The molecule has 2 aromatic rings. The summed E-state index contributed by atoms with van der Waals surface area (Å²) >= 11 is 0. The third-order valence-corrected chi connectivity index (χ3v) is 5.41. The van der Waals surface area contributed by atoms with Crippen LogP contribution in [0, 0.1) is 12.7 Å². The quantitative estimate of drug-likeness (QED) is 0.878. The van der Waals surface area contributed by atoms with E-state index in [1.165, 1.54) is 12.1 Å². The molecular formula is C21H25FN4O2. The van der Waals surface area contributed by atoms with Crippen molar-refractivity contribution < 1.29 is 13.9 Å². The fourth-order valence-corrected chi connectivity index (χ4v) is 3.93. The molecule has 1 amide bonds. The maximum Gasteiger partial charge on any atom is 0.251 e. The Morgan fingerprint density at radius 1 is 1.25 bits per heavy atom. The first-order valence-electron chi connectivity index (χ1n) is 9.82. The molecule has 6 nitrogen and oxygen atoms in total. The van der Waals surface area contributed by atoms with E-state index in [4.69, 9.17) is 9.72 Å². The van der Waals surface area contributed by atoms with Gasteiger partial charge in [0.25, 0.3) is 5.91 Å². The minimum atomic E-state index is -0.392. The fourth-order valence-electron chi connectivity index (χ4n) is 3.93. The van der Waals surface area contributed by atoms with Crippen LogP contribution < -0.4 is 10.2 Å². The molecule has 2 aliphatic rings. The first kappa shape index (κ1) is 18.8. The molecule has 2 fully saturated rings. The first-order valence-corrected chi connectivity index (χ1v) is 9.82. The molecule has 0 radical (unpaired) electrons. The Bertz CT molecular complexity index is 834. The molecular weight excluding hydrogens is 359 g/mol. The number of ether oxygens (including phenoxy) is 1. The average molecular weight is 384 g/mol. The van der Waals surface area contributed by atoms with E-state index in [9.17, 15) is 9.18 Å². The number of aryl methyl sites for hydroxylation is 1. The second-order valence-electron chi connectivity index (χ2n) is 7.59. The molecule has 2 aliphatic heterocycles. The van der Waals surface area contributed by atoms with Gasteiger partial charge >= 0.3 is 0 Å². The van der Waals surface area contributed by atoms with Gasteiger partial charge in [0.2, 0.25) is 5.95 Å². The van der Waals surface area contributed by atoms with Gasteiger partial charge in [0.1, 0.15) is 5.82 Å². The summed E-state index contributed by atoms with van der Waals surface area (Å²) in [5.41, 5.74) is 2.15. The van der Waals surface area contributed by atoms with Gasteiger partial charge in [-0.05, 0) is 56.0 Å². The van der Waals surface area contributed by atoms with Crippen molar-refractivity contribution in [3.63, 3.8) is 0 Å². The Morgan fingerprint density at radius 2 is 2.07 bits per heavy atom. The summed E-state index contributed by atoms with van der Waals surface area (Å²) in [6.07, 6.45) is 4.60. The Labute approximate surface area is 164 Å². The molecule has 1 aromatic carbocycles. The van der Waals surface area contributed by atoms with Crippen LogP contribution in [0.1, 0.15) is 46.8 Å². The molecule has 7 heteroatoms. The number of rotatable bonds is 4. The van der Waals surface area contributed by atoms with Crippen LogP contribution in [-0.4, -0.2) is 48.2 Å². The molecule has 148 valence electrons. The van der Waals surface area contributed by atoms with Gasteiger partial charge in [0.05, 0.1) is 0 Å². The molecule has 3 heterocycles. The summed E-state index contributed by atoms with van der Waals surface area (Å²) in [6, 6.07) is 6.37. The van der Waals surface area contributed by atoms with Crippen molar-refractivity contribution in [1.29, 1.82) is 0 Å². The Hall–Kier alpha value is -2.54. The maximum atomic E-state index is 13.6. The third-order valence-electron chi connectivity index (χ3n) is 5.41. The zero-order valence-corrected chi connectivity index (χ0v) is 16.0. The summed E-state index contributed by atoms with van der Waals surface area (Å²) in [5.74, 6) is 0.495. The second kappa shape index (κ2) is 8.22. The highest BCUT2D eigenvalue weighted by Gasteiger charge is 2.27. The maximum absolute atomic E-state index is 13.6. The second-order valence-corrected chi connectivity index (χ2v) is 7.59. The lowest BCUT2D eigenvalue weighted by molar-refractivity contribution is 0.0845. The van der Waals surface area contributed by atoms with Crippen molar-refractivity contribution in [2.45, 2.75) is 38.1 Å². The first-order chi connectivity index (χ1) is 13.6. The monoisotopic (exact) mass is 384 g/mol. The number of carbonyl (C=O) groups is 1. The van der Waals surface area contributed by atoms with E-state index in [1.54, 1.807) is 13.0 Å². The van der Waals surface area contributed by atoms with E-state index < -0.39 is 5.82 Å². The molecule has 2 saturated heterocycles. The Morgan fingerprint density at radius 3 is 2.86 bits per heavy atom. The van der Waals surface area contributed by atoms with Crippen LogP contribution in [0.4, 0.5) is 10.3 Å². The lowest BCUT2D eigenvalue weighted by Crippen LogP contribution is -2.37. The molecule has 0 saturated carbocycles. The largest absolute Gasteiger partial charge is 0.381 e. The van der Waals surface area contributed by atoms with E-state index in [0.29, 0.717) is 24.0 Å². The number of halogens is 1. The summed E-state index contributed by atoms with van der Waals surface area (Å²) < 4.78 is 19.0. The van der Waals surface area contributed by atoms with Crippen LogP contribution in [0.25, 0.3) is 0 Å². The standard InChI is InChI=1S/C21H25FN4O2/c1-14-10-16(12-17(22)11-14)20(27)24-18-3-7-26(13-18)21-23-6-2-19(25-21)15-4-8-28-9-5-15/h2,6,10-12,15,18H,3-5,7-9,13H2,1H3,(H,24,27). The zero-order chi connectivity index (χ0) is 19.5. The molecule has 1 aromatic heterocycles. The Balaban J connectivity index is 1.39. The molecule has 1 unspecified atom stereocenters. The number of carbonyl (C=O) groups excluding carboxylic acids is 1. The molecule has 1 N–H and O–H groups in total. The zero-order valence-electron chi connectivity index (χ0n) is 16.0. The highest BCUT2D eigenvalue weighted by molar-refractivity contribution is 5.94. The predicted octanol–water partition coefficient (Wildman–Crippen LogP) is 2.83. The number of nitrogens with zero attached hydrogens (tertiary/aromatic N) is 3. The van der Waals surface area contributed by atoms with Gasteiger partial charge in [-0.1, -0.05) is 0 Å². The van der Waals surface area contributed by atoms with Crippen molar-refractivity contribution in [3.05, 3.63) is 53.1 Å². The molecule has 0 aliphatic carbocycles. The minimum Gasteiger partial charge on any atom is -0.381 e. The van der Waals surface area contributed by atoms with Crippen LogP contribution in [-0.2, 0) is 4.74 Å². The van der Waals surface area contributed by atoms with Crippen molar-refractivity contribution in [3.8, 4) is 0 Å². The number of nitrogens with one attached hydrogen (secondary N) is 1. The van der Waals surface area contributed by atoms with Crippen LogP contribution in [0.2, 0.25) is 0 Å². The average Bonchev–Trinajstić information content (AvgIpc) is 3.16. The van der Waals surface area contributed by atoms with Crippen molar-refractivity contribution >= 4 is 11.9 Å².